The predicted octanol–water partition coefficient (Wildman–Crippen LogP) is 4.62. The number of unbranched alkanes of at least 4 members (excludes halogenated alkanes) is 3. The molecule has 0 aromatic heterocycles. The molecule has 0 saturated heterocycles. The summed E-state index contributed by atoms with van der Waals surface area (Å²) in [5.74, 6) is -0.258. The van der Waals surface area contributed by atoms with E-state index in [0.717, 1.165) is 24.0 Å². The number of hydrogen-bond donors (Lipinski definition) is 0. The van der Waals surface area contributed by atoms with Crippen molar-refractivity contribution in [2.24, 2.45) is 0 Å². The molecule has 0 saturated carbocycles. The maximum Gasteiger partial charge on any atom is 0.336 e. The summed E-state index contributed by atoms with van der Waals surface area (Å²) in [5.41, 5.74) is 2.57. The van der Waals surface area contributed by atoms with Crippen LogP contribution in [0.1, 0.15) is 52.0 Å². The molecule has 0 atom stereocenters. The van der Waals surface area contributed by atoms with Crippen LogP contribution in [0.3, 0.4) is 0 Å². The number of benzene rings is 1. The Labute approximate surface area is 134 Å². The van der Waals surface area contributed by atoms with Crippen LogP contribution in [0.15, 0.2) is 35.9 Å². The average molecular weight is 304 g/mol. The van der Waals surface area contributed by atoms with Gasteiger partial charge in [0, 0.05) is 6.61 Å². The normalized spacial score (nSPS) is 12.0. The van der Waals surface area contributed by atoms with Crippen LogP contribution >= 0.6 is 0 Å². The highest BCUT2D eigenvalue weighted by molar-refractivity contribution is 5.97. The summed E-state index contributed by atoms with van der Waals surface area (Å²) in [6.07, 6.45) is 4.39. The van der Waals surface area contributed by atoms with E-state index in [4.69, 9.17) is 9.47 Å². The van der Waals surface area contributed by atoms with Crippen molar-refractivity contribution in [2.45, 2.75) is 46.5 Å². The molecule has 0 heterocycles. The van der Waals surface area contributed by atoms with E-state index in [9.17, 15) is 4.79 Å². The summed E-state index contributed by atoms with van der Waals surface area (Å²) in [6.45, 7) is 7.39. The topological polar surface area (TPSA) is 35.5 Å². The van der Waals surface area contributed by atoms with Gasteiger partial charge >= 0.3 is 5.97 Å². The number of rotatable bonds is 10. The highest BCUT2D eigenvalue weighted by Crippen LogP contribution is 2.19. The first-order chi connectivity index (χ1) is 10.7. The second-order valence-electron chi connectivity index (χ2n) is 5.30. The zero-order valence-corrected chi connectivity index (χ0v) is 14.1. The van der Waals surface area contributed by atoms with Crippen LogP contribution < -0.4 is 0 Å². The largest absolute Gasteiger partial charge is 0.462 e. The van der Waals surface area contributed by atoms with Gasteiger partial charge in [0.15, 0.2) is 0 Å². The number of carbonyl (C=O) groups excluding carboxylic acids is 1. The fourth-order valence-electron chi connectivity index (χ4n) is 2.17. The molecule has 0 radical (unpaired) electrons. The Morgan fingerprint density at radius 3 is 2.41 bits per heavy atom. The summed E-state index contributed by atoms with van der Waals surface area (Å²) in [7, 11) is 0. The number of hydrogen-bond acceptors (Lipinski definition) is 3. The molecule has 0 fully saturated rings. The molecule has 3 nitrogen and oxygen atoms in total. The third kappa shape index (κ3) is 6.44. The minimum Gasteiger partial charge on any atom is -0.462 e. The van der Waals surface area contributed by atoms with Crippen LogP contribution in [0.5, 0.6) is 0 Å². The third-order valence-electron chi connectivity index (χ3n) is 3.59. The highest BCUT2D eigenvalue weighted by Gasteiger charge is 2.15. The molecule has 1 rings (SSSR count). The van der Waals surface area contributed by atoms with Crippen LogP contribution in [0, 0.1) is 0 Å². The van der Waals surface area contributed by atoms with Gasteiger partial charge in [-0.15, -0.1) is 0 Å². The Bertz CT molecular complexity index is 463. The van der Waals surface area contributed by atoms with Crippen molar-refractivity contribution in [1.29, 1.82) is 0 Å². The molecule has 0 aliphatic rings. The molecule has 0 unspecified atom stereocenters. The zero-order chi connectivity index (χ0) is 16.2. The Balaban J connectivity index is 2.72. The van der Waals surface area contributed by atoms with Crippen molar-refractivity contribution in [1.82, 2.24) is 0 Å². The number of ether oxygens (including phenoxy) is 2. The van der Waals surface area contributed by atoms with E-state index in [1.807, 2.05) is 44.2 Å². The summed E-state index contributed by atoms with van der Waals surface area (Å²) in [4.78, 5) is 12.3. The maximum atomic E-state index is 12.3. The summed E-state index contributed by atoms with van der Waals surface area (Å²) in [6, 6.07) is 9.89. The Morgan fingerprint density at radius 2 is 1.77 bits per heavy atom. The second kappa shape index (κ2) is 11.0. The van der Waals surface area contributed by atoms with E-state index < -0.39 is 0 Å². The van der Waals surface area contributed by atoms with Crippen molar-refractivity contribution < 1.29 is 14.3 Å². The second-order valence-corrected chi connectivity index (χ2v) is 5.30. The summed E-state index contributed by atoms with van der Waals surface area (Å²) >= 11 is 0. The monoisotopic (exact) mass is 304 g/mol. The van der Waals surface area contributed by atoms with Gasteiger partial charge in [-0.1, -0.05) is 56.5 Å². The Kier molecular flexibility index (Phi) is 9.24. The fraction of sp³-hybridized carbons (Fsp3) is 0.526. The summed E-state index contributed by atoms with van der Waals surface area (Å²) < 4.78 is 10.9. The first kappa shape index (κ1) is 18.4. The number of carbonyl (C=O) groups is 1. The Hall–Kier alpha value is -1.61. The van der Waals surface area contributed by atoms with E-state index in [2.05, 4.69) is 6.92 Å². The lowest BCUT2D eigenvalue weighted by Crippen LogP contribution is -2.15. The molecule has 1 aromatic rings. The van der Waals surface area contributed by atoms with Crippen LogP contribution in [-0.2, 0) is 14.3 Å². The van der Waals surface area contributed by atoms with Crippen molar-refractivity contribution in [3.63, 3.8) is 0 Å². The van der Waals surface area contributed by atoms with E-state index in [1.54, 1.807) is 0 Å². The molecule has 0 bridgehead atoms. The standard InChI is InChI=1S/C19H28O3/c1-4-6-7-11-14-22-19(20)18(15-21-5-2)16(3)17-12-9-8-10-13-17/h8-10,12-13H,4-7,11,14-15H2,1-3H3. The van der Waals surface area contributed by atoms with Gasteiger partial charge in [-0.3, -0.25) is 0 Å². The first-order valence-corrected chi connectivity index (χ1v) is 8.20. The minimum absolute atomic E-state index is 0.258. The maximum absolute atomic E-state index is 12.3. The van der Waals surface area contributed by atoms with Crippen molar-refractivity contribution in [3.8, 4) is 0 Å². The molecular weight excluding hydrogens is 276 g/mol. The highest BCUT2D eigenvalue weighted by atomic mass is 16.5. The quantitative estimate of drug-likeness (QED) is 0.359. The van der Waals surface area contributed by atoms with Gasteiger partial charge < -0.3 is 9.47 Å². The molecule has 0 amide bonds. The van der Waals surface area contributed by atoms with E-state index in [-0.39, 0.29) is 5.97 Å². The van der Waals surface area contributed by atoms with Gasteiger partial charge in [0.05, 0.1) is 18.8 Å². The predicted molar refractivity (Wildman–Crippen MR) is 90.6 cm³/mol. The van der Waals surface area contributed by atoms with Crippen LogP contribution in [0.2, 0.25) is 0 Å². The van der Waals surface area contributed by atoms with Gasteiger partial charge in [0.1, 0.15) is 0 Å². The number of allylic oxidation sites excluding steroid dienone is 1. The van der Waals surface area contributed by atoms with E-state index in [1.165, 1.54) is 12.8 Å². The molecule has 0 aliphatic carbocycles. The van der Waals surface area contributed by atoms with E-state index in [0.29, 0.717) is 25.4 Å². The minimum atomic E-state index is -0.258. The molecule has 1 aromatic carbocycles. The van der Waals surface area contributed by atoms with Gasteiger partial charge in [0.2, 0.25) is 0 Å². The number of esters is 1. The summed E-state index contributed by atoms with van der Waals surface area (Å²) in [5, 5.41) is 0. The molecule has 0 aliphatic heterocycles. The first-order valence-electron chi connectivity index (χ1n) is 8.20. The van der Waals surface area contributed by atoms with Crippen molar-refractivity contribution in [3.05, 3.63) is 41.5 Å². The fourth-order valence-corrected chi connectivity index (χ4v) is 2.17. The van der Waals surface area contributed by atoms with Crippen LogP contribution in [0.4, 0.5) is 0 Å². The molecular formula is C19H28O3. The molecule has 122 valence electrons. The van der Waals surface area contributed by atoms with Gasteiger partial charge in [-0.25, -0.2) is 4.79 Å². The van der Waals surface area contributed by atoms with Gasteiger partial charge in [0.25, 0.3) is 0 Å². The van der Waals surface area contributed by atoms with Crippen LogP contribution in [-0.4, -0.2) is 25.8 Å². The van der Waals surface area contributed by atoms with Gasteiger partial charge in [-0.2, -0.15) is 0 Å². The lowest BCUT2D eigenvalue weighted by atomic mass is 10.0. The lowest BCUT2D eigenvalue weighted by molar-refractivity contribution is -0.139. The average Bonchev–Trinajstić information content (AvgIpc) is 2.55. The molecule has 0 N–H and O–H groups in total. The van der Waals surface area contributed by atoms with E-state index >= 15 is 0 Å². The van der Waals surface area contributed by atoms with Gasteiger partial charge in [-0.05, 0) is 31.4 Å². The van der Waals surface area contributed by atoms with Crippen molar-refractivity contribution in [2.75, 3.05) is 19.8 Å². The van der Waals surface area contributed by atoms with Crippen LogP contribution in [0.25, 0.3) is 5.57 Å². The van der Waals surface area contributed by atoms with Crippen molar-refractivity contribution >= 4 is 11.5 Å². The molecule has 3 heteroatoms. The SMILES string of the molecule is CCCCCCOC(=O)C(COCC)=C(C)c1ccccc1. The molecule has 22 heavy (non-hydrogen) atoms. The third-order valence-corrected chi connectivity index (χ3v) is 3.59. The zero-order valence-electron chi connectivity index (χ0n) is 14.1. The smallest absolute Gasteiger partial charge is 0.336 e. The Morgan fingerprint density at radius 1 is 1.05 bits per heavy atom. The molecule has 0 spiro atoms. The lowest BCUT2D eigenvalue weighted by Gasteiger charge is -2.12.